The highest BCUT2D eigenvalue weighted by molar-refractivity contribution is 5.02. The van der Waals surface area contributed by atoms with Gasteiger partial charge in [-0.05, 0) is 0 Å². The van der Waals surface area contributed by atoms with Gasteiger partial charge in [0.1, 0.15) is 0 Å². The minimum atomic E-state index is 0.553. The number of aromatic nitrogens is 2. The highest BCUT2D eigenvalue weighted by Crippen LogP contribution is 1.94. The monoisotopic (exact) mass is 137 g/mol. The quantitative estimate of drug-likeness (QED) is 0.617. The smallest absolute Gasteiger partial charge is 0.0587 e. The standard InChI is InChI=1S/C7H11N3/c1-2-3-10-6-7(4-8)5-9-10/h2,5-6H,1,3-4,8H2. The van der Waals surface area contributed by atoms with Crippen LogP contribution in [-0.4, -0.2) is 9.78 Å². The van der Waals surface area contributed by atoms with Gasteiger partial charge in [-0.3, -0.25) is 4.68 Å². The molecule has 0 aliphatic heterocycles. The van der Waals surface area contributed by atoms with E-state index in [1.807, 2.05) is 6.20 Å². The van der Waals surface area contributed by atoms with Crippen molar-refractivity contribution in [1.82, 2.24) is 9.78 Å². The Morgan fingerprint density at radius 3 is 3.10 bits per heavy atom. The van der Waals surface area contributed by atoms with Crippen LogP contribution in [0.5, 0.6) is 0 Å². The Labute approximate surface area is 60.1 Å². The van der Waals surface area contributed by atoms with Crippen LogP contribution in [0.25, 0.3) is 0 Å². The van der Waals surface area contributed by atoms with Crippen molar-refractivity contribution in [3.8, 4) is 0 Å². The lowest BCUT2D eigenvalue weighted by atomic mass is 10.4. The van der Waals surface area contributed by atoms with Gasteiger partial charge in [0.05, 0.1) is 12.7 Å². The predicted molar refractivity (Wildman–Crippen MR) is 40.3 cm³/mol. The van der Waals surface area contributed by atoms with E-state index in [4.69, 9.17) is 5.73 Å². The summed E-state index contributed by atoms with van der Waals surface area (Å²) in [6.07, 6.45) is 5.48. The zero-order valence-corrected chi connectivity index (χ0v) is 5.83. The maximum Gasteiger partial charge on any atom is 0.0587 e. The topological polar surface area (TPSA) is 43.8 Å². The Morgan fingerprint density at radius 2 is 2.60 bits per heavy atom. The van der Waals surface area contributed by atoms with Gasteiger partial charge >= 0.3 is 0 Å². The maximum atomic E-state index is 5.38. The summed E-state index contributed by atoms with van der Waals surface area (Å²) >= 11 is 0. The predicted octanol–water partition coefficient (Wildman–Crippen LogP) is 0.528. The number of allylic oxidation sites excluding steroid dienone is 1. The Morgan fingerprint density at radius 1 is 1.80 bits per heavy atom. The molecule has 0 aliphatic carbocycles. The van der Waals surface area contributed by atoms with E-state index in [2.05, 4.69) is 11.7 Å². The van der Waals surface area contributed by atoms with E-state index >= 15 is 0 Å². The zero-order chi connectivity index (χ0) is 7.40. The molecular weight excluding hydrogens is 126 g/mol. The molecule has 0 amide bonds. The fourth-order valence-electron chi connectivity index (χ4n) is 0.744. The molecular formula is C7H11N3. The summed E-state index contributed by atoms with van der Waals surface area (Å²) in [6, 6.07) is 0. The normalized spacial score (nSPS) is 9.70. The summed E-state index contributed by atoms with van der Waals surface area (Å²) in [5.41, 5.74) is 6.44. The third-order valence-corrected chi connectivity index (χ3v) is 1.24. The molecule has 0 bridgehead atoms. The Balaban J connectivity index is 2.67. The average molecular weight is 137 g/mol. The van der Waals surface area contributed by atoms with Crippen molar-refractivity contribution in [2.75, 3.05) is 0 Å². The van der Waals surface area contributed by atoms with Crippen molar-refractivity contribution in [1.29, 1.82) is 0 Å². The first-order valence-electron chi connectivity index (χ1n) is 3.19. The van der Waals surface area contributed by atoms with Crippen molar-refractivity contribution < 1.29 is 0 Å². The van der Waals surface area contributed by atoms with E-state index in [-0.39, 0.29) is 0 Å². The Bertz CT molecular complexity index is 214. The summed E-state index contributed by atoms with van der Waals surface area (Å²) in [4.78, 5) is 0. The fourth-order valence-corrected chi connectivity index (χ4v) is 0.744. The number of hydrogen-bond donors (Lipinski definition) is 1. The van der Waals surface area contributed by atoms with Gasteiger partial charge in [-0.25, -0.2) is 0 Å². The van der Waals surface area contributed by atoms with Crippen molar-refractivity contribution in [2.24, 2.45) is 5.73 Å². The molecule has 0 atom stereocenters. The molecule has 0 fully saturated rings. The number of rotatable bonds is 3. The molecule has 0 saturated carbocycles. The van der Waals surface area contributed by atoms with Crippen molar-refractivity contribution in [3.63, 3.8) is 0 Å². The highest BCUT2D eigenvalue weighted by atomic mass is 15.3. The molecule has 2 N–H and O–H groups in total. The molecule has 54 valence electrons. The lowest BCUT2D eigenvalue weighted by Crippen LogP contribution is -1.95. The molecule has 3 heteroatoms. The van der Waals surface area contributed by atoms with Gasteiger partial charge in [0.25, 0.3) is 0 Å². The van der Waals surface area contributed by atoms with Crippen LogP contribution in [0.1, 0.15) is 5.56 Å². The molecule has 10 heavy (non-hydrogen) atoms. The van der Waals surface area contributed by atoms with Crippen molar-refractivity contribution >= 4 is 0 Å². The summed E-state index contributed by atoms with van der Waals surface area (Å²) in [7, 11) is 0. The Kier molecular flexibility index (Phi) is 2.23. The summed E-state index contributed by atoms with van der Waals surface area (Å²) < 4.78 is 1.80. The summed E-state index contributed by atoms with van der Waals surface area (Å²) in [5.74, 6) is 0. The van der Waals surface area contributed by atoms with Crippen LogP contribution in [-0.2, 0) is 13.1 Å². The first-order chi connectivity index (χ1) is 4.86. The van der Waals surface area contributed by atoms with E-state index in [0.29, 0.717) is 6.54 Å². The zero-order valence-electron chi connectivity index (χ0n) is 5.83. The van der Waals surface area contributed by atoms with Crippen LogP contribution in [0.3, 0.4) is 0 Å². The molecule has 0 saturated heterocycles. The van der Waals surface area contributed by atoms with Crippen molar-refractivity contribution in [2.45, 2.75) is 13.1 Å². The third-order valence-electron chi connectivity index (χ3n) is 1.24. The largest absolute Gasteiger partial charge is 0.326 e. The van der Waals surface area contributed by atoms with Crippen LogP contribution < -0.4 is 5.73 Å². The third kappa shape index (κ3) is 1.45. The minimum Gasteiger partial charge on any atom is -0.326 e. The molecule has 1 rings (SSSR count). The average Bonchev–Trinajstić information content (AvgIpc) is 2.37. The van der Waals surface area contributed by atoms with Gasteiger partial charge in [0.15, 0.2) is 0 Å². The van der Waals surface area contributed by atoms with Gasteiger partial charge < -0.3 is 5.73 Å². The molecule has 1 heterocycles. The minimum absolute atomic E-state index is 0.553. The van der Waals surface area contributed by atoms with Crippen LogP contribution in [0.15, 0.2) is 25.0 Å². The van der Waals surface area contributed by atoms with E-state index in [0.717, 1.165) is 12.1 Å². The lowest BCUT2D eigenvalue weighted by molar-refractivity contribution is 0.702. The number of hydrogen-bond acceptors (Lipinski definition) is 2. The number of nitrogens with zero attached hydrogens (tertiary/aromatic N) is 2. The van der Waals surface area contributed by atoms with Crippen LogP contribution in [0.4, 0.5) is 0 Å². The fraction of sp³-hybridized carbons (Fsp3) is 0.286. The van der Waals surface area contributed by atoms with E-state index in [1.54, 1.807) is 17.0 Å². The van der Waals surface area contributed by atoms with Gasteiger partial charge in [-0.2, -0.15) is 5.10 Å². The van der Waals surface area contributed by atoms with Crippen molar-refractivity contribution in [3.05, 3.63) is 30.6 Å². The summed E-state index contributed by atoms with van der Waals surface area (Å²) in [5, 5.41) is 4.04. The molecule has 1 aromatic heterocycles. The van der Waals surface area contributed by atoms with Crippen LogP contribution >= 0.6 is 0 Å². The maximum absolute atomic E-state index is 5.38. The van der Waals surface area contributed by atoms with Gasteiger partial charge in [-0.1, -0.05) is 6.08 Å². The van der Waals surface area contributed by atoms with Crippen LogP contribution in [0.2, 0.25) is 0 Å². The second-order valence-corrected chi connectivity index (χ2v) is 2.06. The SMILES string of the molecule is C=CCn1cc(CN)cn1. The Hall–Kier alpha value is -1.09. The van der Waals surface area contributed by atoms with E-state index in [9.17, 15) is 0 Å². The first kappa shape index (κ1) is 7.02. The highest BCUT2D eigenvalue weighted by Gasteiger charge is 1.91. The number of nitrogens with two attached hydrogens (primary N) is 1. The molecule has 0 aromatic carbocycles. The second-order valence-electron chi connectivity index (χ2n) is 2.06. The molecule has 3 nitrogen and oxygen atoms in total. The molecule has 1 aromatic rings. The van der Waals surface area contributed by atoms with E-state index < -0.39 is 0 Å². The summed E-state index contributed by atoms with van der Waals surface area (Å²) in [6.45, 7) is 4.90. The van der Waals surface area contributed by atoms with Crippen LogP contribution in [0, 0.1) is 0 Å². The van der Waals surface area contributed by atoms with Gasteiger partial charge in [0, 0.05) is 18.3 Å². The lowest BCUT2D eigenvalue weighted by Gasteiger charge is -1.91. The molecule has 0 aliphatic rings. The van der Waals surface area contributed by atoms with Gasteiger partial charge in [-0.15, -0.1) is 6.58 Å². The second kappa shape index (κ2) is 3.17. The molecule has 0 unspecified atom stereocenters. The van der Waals surface area contributed by atoms with E-state index in [1.165, 1.54) is 0 Å². The first-order valence-corrected chi connectivity index (χ1v) is 3.19. The molecule has 0 radical (unpaired) electrons. The van der Waals surface area contributed by atoms with Gasteiger partial charge in [0.2, 0.25) is 0 Å². The molecule has 0 spiro atoms.